The molecule has 0 aliphatic carbocycles. The Morgan fingerprint density at radius 2 is 1.76 bits per heavy atom. The van der Waals surface area contributed by atoms with Gasteiger partial charge in [0.05, 0.1) is 5.56 Å². The summed E-state index contributed by atoms with van der Waals surface area (Å²) in [7, 11) is 1.53. The molecule has 0 bridgehead atoms. The van der Waals surface area contributed by atoms with Gasteiger partial charge in [0.2, 0.25) is 0 Å². The summed E-state index contributed by atoms with van der Waals surface area (Å²) in [5.74, 6) is -0.776. The van der Waals surface area contributed by atoms with E-state index < -0.39 is 17.3 Å². The second kappa shape index (κ2) is 9.36. The molecule has 2 heterocycles. The maximum Gasteiger partial charge on any atom is 0.274 e. The predicted molar refractivity (Wildman–Crippen MR) is 107 cm³/mol. The smallest absolute Gasteiger partial charge is 0.274 e. The molecule has 29 heavy (non-hydrogen) atoms. The van der Waals surface area contributed by atoms with Gasteiger partial charge in [-0.3, -0.25) is 14.4 Å². The average molecular weight is 401 g/mol. The van der Waals surface area contributed by atoms with E-state index in [2.05, 4.69) is 5.32 Å². The van der Waals surface area contributed by atoms with Crippen LogP contribution < -0.4 is 15.6 Å². The minimum absolute atomic E-state index is 0.0147. The molecule has 0 radical (unpaired) electrons. The quantitative estimate of drug-likeness (QED) is 0.835. The zero-order valence-electron chi connectivity index (χ0n) is 16.3. The number of amides is 2. The lowest BCUT2D eigenvalue weighted by Gasteiger charge is -2.21. The van der Waals surface area contributed by atoms with Crippen LogP contribution in [0.2, 0.25) is 0 Å². The number of benzene rings is 1. The molecule has 1 aliphatic heterocycles. The number of carbonyl (C=O) groups excluding carboxylic acids is 2. The molecule has 1 N–H and O–H groups in total. The lowest BCUT2D eigenvalue weighted by molar-refractivity contribution is -0.118. The highest BCUT2D eigenvalue weighted by Crippen LogP contribution is 2.15. The van der Waals surface area contributed by atoms with Crippen LogP contribution in [0.3, 0.4) is 0 Å². The lowest BCUT2D eigenvalue weighted by Crippen LogP contribution is -2.34. The van der Waals surface area contributed by atoms with Gasteiger partial charge in [0.15, 0.2) is 6.61 Å². The maximum atomic E-state index is 12.9. The van der Waals surface area contributed by atoms with Crippen molar-refractivity contribution >= 4 is 17.5 Å². The summed E-state index contributed by atoms with van der Waals surface area (Å²) in [6, 6.07) is 6.66. The summed E-state index contributed by atoms with van der Waals surface area (Å²) in [4.78, 5) is 39.2. The van der Waals surface area contributed by atoms with Gasteiger partial charge in [-0.25, -0.2) is 4.39 Å². The predicted octanol–water partition coefficient (Wildman–Crippen LogP) is 2.56. The van der Waals surface area contributed by atoms with Crippen molar-refractivity contribution in [3.8, 4) is 5.75 Å². The van der Waals surface area contributed by atoms with E-state index in [0.29, 0.717) is 24.4 Å². The number of pyridine rings is 1. The molecule has 0 saturated carbocycles. The Balaban J connectivity index is 1.69. The van der Waals surface area contributed by atoms with Crippen molar-refractivity contribution in [3.05, 3.63) is 58.3 Å². The van der Waals surface area contributed by atoms with Crippen LogP contribution >= 0.6 is 0 Å². The molecule has 1 aliphatic rings. The summed E-state index contributed by atoms with van der Waals surface area (Å²) in [6.45, 7) is 1.03. The van der Waals surface area contributed by atoms with E-state index in [0.717, 1.165) is 25.7 Å². The number of anilines is 1. The van der Waals surface area contributed by atoms with Crippen molar-refractivity contribution in [2.45, 2.75) is 25.7 Å². The van der Waals surface area contributed by atoms with Crippen LogP contribution in [0.15, 0.2) is 41.3 Å². The van der Waals surface area contributed by atoms with Crippen molar-refractivity contribution in [2.75, 3.05) is 25.0 Å². The highest BCUT2D eigenvalue weighted by Gasteiger charge is 2.20. The van der Waals surface area contributed by atoms with Crippen LogP contribution in [0.25, 0.3) is 0 Å². The van der Waals surface area contributed by atoms with E-state index in [-0.39, 0.29) is 18.2 Å². The Morgan fingerprint density at radius 3 is 2.41 bits per heavy atom. The second-order valence-corrected chi connectivity index (χ2v) is 7.06. The van der Waals surface area contributed by atoms with Crippen LogP contribution in [-0.2, 0) is 11.8 Å². The molecule has 2 aromatic rings. The summed E-state index contributed by atoms with van der Waals surface area (Å²) >= 11 is 0. The van der Waals surface area contributed by atoms with Crippen molar-refractivity contribution < 1.29 is 18.7 Å². The van der Waals surface area contributed by atoms with Crippen molar-refractivity contribution in [3.63, 3.8) is 0 Å². The number of likely N-dealkylation sites (tertiary alicyclic amines) is 1. The molecule has 1 aromatic heterocycles. The Morgan fingerprint density at radius 1 is 1.10 bits per heavy atom. The molecular formula is C21H24FN3O4. The number of hydrogen-bond donors (Lipinski definition) is 1. The van der Waals surface area contributed by atoms with E-state index >= 15 is 0 Å². The van der Waals surface area contributed by atoms with Gasteiger partial charge in [-0.2, -0.15) is 0 Å². The first-order valence-corrected chi connectivity index (χ1v) is 9.62. The van der Waals surface area contributed by atoms with Gasteiger partial charge >= 0.3 is 0 Å². The first kappa shape index (κ1) is 20.6. The molecule has 3 rings (SSSR count). The number of aromatic nitrogens is 1. The minimum Gasteiger partial charge on any atom is -0.484 e. The molecule has 0 unspecified atom stereocenters. The monoisotopic (exact) mass is 401 g/mol. The zero-order valence-corrected chi connectivity index (χ0v) is 16.3. The van der Waals surface area contributed by atoms with Crippen LogP contribution in [0.5, 0.6) is 5.75 Å². The molecule has 0 atom stereocenters. The Hall–Kier alpha value is -3.16. The third-order valence-electron chi connectivity index (χ3n) is 4.78. The first-order valence-electron chi connectivity index (χ1n) is 9.62. The number of halogens is 1. The van der Waals surface area contributed by atoms with E-state index in [1.807, 2.05) is 0 Å². The third-order valence-corrected chi connectivity index (χ3v) is 4.78. The maximum absolute atomic E-state index is 12.9. The third kappa shape index (κ3) is 5.43. The van der Waals surface area contributed by atoms with Crippen molar-refractivity contribution in [1.29, 1.82) is 0 Å². The zero-order chi connectivity index (χ0) is 20.8. The fraction of sp³-hybridized carbons (Fsp3) is 0.381. The Labute approximate surface area is 168 Å². The van der Waals surface area contributed by atoms with Crippen LogP contribution in [0.1, 0.15) is 36.0 Å². The molecule has 1 fully saturated rings. The fourth-order valence-electron chi connectivity index (χ4n) is 3.24. The van der Waals surface area contributed by atoms with Crippen molar-refractivity contribution in [2.24, 2.45) is 7.05 Å². The van der Waals surface area contributed by atoms with Gasteiger partial charge in [-0.05, 0) is 43.2 Å². The largest absolute Gasteiger partial charge is 0.484 e. The van der Waals surface area contributed by atoms with Gasteiger partial charge in [0, 0.05) is 26.3 Å². The second-order valence-electron chi connectivity index (χ2n) is 7.06. The molecular weight excluding hydrogens is 377 g/mol. The summed E-state index contributed by atoms with van der Waals surface area (Å²) < 4.78 is 19.5. The van der Waals surface area contributed by atoms with E-state index in [1.165, 1.54) is 48.1 Å². The molecule has 1 aromatic carbocycles. The van der Waals surface area contributed by atoms with Crippen LogP contribution in [-0.4, -0.2) is 41.0 Å². The SMILES string of the molecule is Cn1cc(C(=O)N2CCCCCC2)cc(NC(=O)COc2ccc(F)cc2)c1=O. The molecule has 2 amide bonds. The summed E-state index contributed by atoms with van der Waals surface area (Å²) in [5, 5.41) is 2.50. The van der Waals surface area contributed by atoms with Gasteiger partial charge in [0.1, 0.15) is 17.3 Å². The lowest BCUT2D eigenvalue weighted by atomic mass is 10.2. The topological polar surface area (TPSA) is 80.6 Å². The molecule has 154 valence electrons. The number of nitrogens with one attached hydrogen (secondary N) is 1. The first-order chi connectivity index (χ1) is 13.9. The summed E-state index contributed by atoms with van der Waals surface area (Å²) in [6.07, 6.45) is 5.61. The van der Waals surface area contributed by atoms with E-state index in [4.69, 9.17) is 4.74 Å². The molecule has 0 spiro atoms. The van der Waals surface area contributed by atoms with Gasteiger partial charge in [-0.15, -0.1) is 0 Å². The van der Waals surface area contributed by atoms with Gasteiger partial charge in [-0.1, -0.05) is 12.8 Å². The molecule has 1 saturated heterocycles. The fourth-order valence-corrected chi connectivity index (χ4v) is 3.24. The van der Waals surface area contributed by atoms with E-state index in [1.54, 1.807) is 4.90 Å². The number of carbonyl (C=O) groups is 2. The standard InChI is InChI=1S/C21H24FN3O4/c1-24-13-15(20(27)25-10-4-2-3-5-11-25)12-18(21(24)28)23-19(26)14-29-17-8-6-16(22)7-9-17/h6-9,12-13H,2-5,10-11,14H2,1H3,(H,23,26). The minimum atomic E-state index is -0.550. The highest BCUT2D eigenvalue weighted by molar-refractivity contribution is 5.97. The number of ether oxygens (including phenoxy) is 1. The number of aryl methyl sites for hydroxylation is 1. The normalized spacial score (nSPS) is 14.2. The van der Waals surface area contributed by atoms with Crippen LogP contribution in [0.4, 0.5) is 10.1 Å². The summed E-state index contributed by atoms with van der Waals surface area (Å²) in [5.41, 5.74) is -0.0582. The Bertz CT molecular complexity index is 932. The van der Waals surface area contributed by atoms with Gasteiger partial charge in [0.25, 0.3) is 17.4 Å². The number of hydrogen-bond acceptors (Lipinski definition) is 4. The molecule has 8 heteroatoms. The van der Waals surface area contributed by atoms with Gasteiger partial charge < -0.3 is 19.5 Å². The number of rotatable bonds is 5. The Kier molecular flexibility index (Phi) is 6.64. The average Bonchev–Trinajstić information content (AvgIpc) is 3.00. The van der Waals surface area contributed by atoms with Crippen molar-refractivity contribution in [1.82, 2.24) is 9.47 Å². The van der Waals surface area contributed by atoms with Crippen LogP contribution in [0, 0.1) is 5.82 Å². The highest BCUT2D eigenvalue weighted by atomic mass is 19.1. The number of nitrogens with zero attached hydrogens (tertiary/aromatic N) is 2. The van der Waals surface area contributed by atoms with E-state index in [9.17, 15) is 18.8 Å². The molecule has 7 nitrogen and oxygen atoms in total.